The van der Waals surface area contributed by atoms with Gasteiger partial charge in [-0.05, 0) is 66.6 Å². The van der Waals surface area contributed by atoms with Crippen LogP contribution in [0.1, 0.15) is 22.8 Å². The molecular formula is C27H19ClN7Na3O10S3. The van der Waals surface area contributed by atoms with Crippen LogP contribution in [0.15, 0.2) is 86.5 Å². The van der Waals surface area contributed by atoms with Gasteiger partial charge in [0.25, 0.3) is 0 Å². The molecule has 3 aromatic carbocycles. The van der Waals surface area contributed by atoms with Gasteiger partial charge in [-0.15, -0.1) is 0 Å². The summed E-state index contributed by atoms with van der Waals surface area (Å²) in [5, 5.41) is 5.94. The molecule has 0 saturated carbocycles. The van der Waals surface area contributed by atoms with Gasteiger partial charge >= 0.3 is 88.7 Å². The first kappa shape index (κ1) is 45.3. The normalized spacial score (nSPS) is 13.5. The molecule has 1 heterocycles. The van der Waals surface area contributed by atoms with E-state index in [1.54, 1.807) is 42.2 Å². The first-order valence-electron chi connectivity index (χ1n) is 13.2. The van der Waals surface area contributed by atoms with Crippen molar-refractivity contribution < 1.29 is 132 Å². The van der Waals surface area contributed by atoms with Crippen molar-refractivity contribution in [1.29, 1.82) is 0 Å². The molecule has 0 spiro atoms. The summed E-state index contributed by atoms with van der Waals surface area (Å²) < 4.78 is 108. The number of allylic oxidation sites excluding steroid dienone is 1. The molecule has 0 bridgehead atoms. The van der Waals surface area contributed by atoms with Crippen LogP contribution in [0.25, 0.3) is 6.08 Å². The van der Waals surface area contributed by atoms with Crippen LogP contribution in [0.3, 0.4) is 0 Å². The second-order valence-electron chi connectivity index (χ2n) is 9.64. The van der Waals surface area contributed by atoms with Crippen molar-refractivity contribution in [2.24, 2.45) is 5.10 Å². The molecule has 17 nitrogen and oxygen atoms in total. The van der Waals surface area contributed by atoms with Crippen molar-refractivity contribution in [1.82, 2.24) is 15.0 Å². The van der Waals surface area contributed by atoms with E-state index in [0.29, 0.717) is 24.4 Å². The van der Waals surface area contributed by atoms with Crippen LogP contribution in [0.4, 0.5) is 29.0 Å². The third-order valence-corrected chi connectivity index (χ3v) is 9.30. The monoisotopic (exact) mass is 801 g/mol. The SMILES string of the molecule is CCN(c1ccccc1)c1nc(Cl)nc(Nc2cc(S(=O)(=O)[O-])cc3c2C(=O)/C(=N/Nc2ccccc2S(=O)(=O)[O-])C(S(=O)(=O)[O-])=C3)n1.[Na+].[Na+].[Na+]. The largest absolute Gasteiger partial charge is 1.00 e. The van der Waals surface area contributed by atoms with Crippen LogP contribution in [-0.2, 0) is 30.4 Å². The molecule has 0 unspecified atom stereocenters. The molecule has 0 radical (unpaired) electrons. The Morgan fingerprint density at radius 1 is 0.804 bits per heavy atom. The maximum Gasteiger partial charge on any atom is 1.00 e. The number of halogens is 1. The minimum atomic E-state index is -5.53. The van der Waals surface area contributed by atoms with Crippen molar-refractivity contribution in [2.75, 3.05) is 22.2 Å². The molecule has 4 aromatic rings. The van der Waals surface area contributed by atoms with Crippen LogP contribution in [-0.4, -0.2) is 71.9 Å². The molecule has 51 heavy (non-hydrogen) atoms. The third-order valence-electron chi connectivity index (χ3n) is 6.58. The Hall–Kier alpha value is -1.83. The molecule has 1 aliphatic rings. The van der Waals surface area contributed by atoms with Gasteiger partial charge in [-0.25, -0.2) is 25.3 Å². The fourth-order valence-corrected chi connectivity index (χ4v) is 6.52. The van der Waals surface area contributed by atoms with E-state index in [-0.39, 0.29) is 106 Å². The Labute approximate surface area is 363 Å². The number of fused-ring (bicyclic) bond motifs is 1. The minimum absolute atomic E-state index is 0. The second kappa shape index (κ2) is 18.0. The minimum Gasteiger partial charge on any atom is -0.744 e. The van der Waals surface area contributed by atoms with Gasteiger partial charge in [-0.2, -0.15) is 20.1 Å². The third kappa shape index (κ3) is 10.7. The zero-order valence-corrected chi connectivity index (χ0v) is 36.3. The molecule has 0 amide bonds. The number of Topliss-reactive ketones (excluding diaryl/α,β-unsaturated/α-hetero) is 1. The van der Waals surface area contributed by atoms with Crippen molar-refractivity contribution in [3.05, 3.63) is 88.0 Å². The Kier molecular flexibility index (Phi) is 16.0. The van der Waals surface area contributed by atoms with Crippen LogP contribution >= 0.6 is 11.6 Å². The van der Waals surface area contributed by atoms with Crippen molar-refractivity contribution in [3.8, 4) is 0 Å². The summed E-state index contributed by atoms with van der Waals surface area (Å²) in [6.07, 6.45) is 0.607. The van der Waals surface area contributed by atoms with E-state index in [4.69, 9.17) is 11.6 Å². The first-order chi connectivity index (χ1) is 22.5. The number of carbonyl (C=O) groups excluding carboxylic acids is 1. The molecule has 0 atom stereocenters. The fourth-order valence-electron chi connectivity index (χ4n) is 4.56. The Morgan fingerprint density at radius 2 is 1.43 bits per heavy atom. The first-order valence-corrected chi connectivity index (χ1v) is 17.8. The van der Waals surface area contributed by atoms with Gasteiger partial charge in [0.15, 0.2) is 0 Å². The standard InChI is InChI=1S/C27H22ClN7O10S3.3Na/c1-2-35(16-8-4-3-5-9-16)27-31-25(28)30-26(32-27)29-19-14-17(46(37,38)39)12-15-13-21(48(43,44)45)23(24(36)22(15)19)34-33-18-10-6-7-11-20(18)47(40,41)42;;;/h3-14,33H,2H2,1H3,(H,37,38,39)(H,40,41,42)(H,43,44,45)(H,29,30,31,32);;;/q;3*+1/p-3/b34-23+;;;. The molecule has 1 aliphatic carbocycles. The number of aromatic nitrogens is 3. The summed E-state index contributed by atoms with van der Waals surface area (Å²) in [6.45, 7) is 2.14. The fraction of sp³-hybridized carbons (Fsp3) is 0.0741. The van der Waals surface area contributed by atoms with E-state index in [1.807, 2.05) is 0 Å². The van der Waals surface area contributed by atoms with Crippen LogP contribution in [0, 0.1) is 0 Å². The van der Waals surface area contributed by atoms with Gasteiger partial charge in [0.1, 0.15) is 36.1 Å². The number of carbonyl (C=O) groups is 1. The molecule has 250 valence electrons. The number of hydrazone groups is 1. The Balaban J connectivity index is 0.00000300. The summed E-state index contributed by atoms with van der Waals surface area (Å²) in [5.74, 6) is -1.61. The summed E-state index contributed by atoms with van der Waals surface area (Å²) in [6, 6.07) is 14.8. The summed E-state index contributed by atoms with van der Waals surface area (Å²) in [5.41, 5.74) is -0.161. The van der Waals surface area contributed by atoms with E-state index in [2.05, 4.69) is 30.8 Å². The van der Waals surface area contributed by atoms with E-state index in [0.717, 1.165) is 18.2 Å². The van der Waals surface area contributed by atoms with Crippen LogP contribution in [0.2, 0.25) is 5.28 Å². The van der Waals surface area contributed by atoms with E-state index in [1.165, 1.54) is 12.1 Å². The van der Waals surface area contributed by atoms with Gasteiger partial charge in [-0.1, -0.05) is 30.3 Å². The van der Waals surface area contributed by atoms with E-state index >= 15 is 0 Å². The summed E-state index contributed by atoms with van der Waals surface area (Å²) in [4.78, 5) is 24.9. The van der Waals surface area contributed by atoms with Crippen molar-refractivity contribution in [2.45, 2.75) is 16.7 Å². The number of rotatable bonds is 10. The van der Waals surface area contributed by atoms with Gasteiger partial charge in [-0.3, -0.25) is 10.2 Å². The Morgan fingerprint density at radius 3 is 2.02 bits per heavy atom. The zero-order valence-electron chi connectivity index (χ0n) is 27.1. The number of ketones is 1. The van der Waals surface area contributed by atoms with Gasteiger partial charge in [0.05, 0.1) is 31.6 Å². The second-order valence-corrected chi connectivity index (χ2v) is 14.1. The van der Waals surface area contributed by atoms with Crippen molar-refractivity contribution in [3.63, 3.8) is 0 Å². The van der Waals surface area contributed by atoms with Gasteiger partial charge in [0, 0.05) is 12.2 Å². The molecule has 0 fully saturated rings. The molecule has 0 saturated heterocycles. The topological polar surface area (TPSA) is 267 Å². The molecule has 1 aromatic heterocycles. The Bertz CT molecular complexity index is 2370. The number of benzene rings is 3. The van der Waals surface area contributed by atoms with Gasteiger partial charge < -0.3 is 23.9 Å². The average molecular weight is 802 g/mol. The van der Waals surface area contributed by atoms with Gasteiger partial charge in [0.2, 0.25) is 23.0 Å². The van der Waals surface area contributed by atoms with Crippen molar-refractivity contribution >= 4 is 88.5 Å². The van der Waals surface area contributed by atoms with Crippen LogP contribution < -0.4 is 104 Å². The molecular weight excluding hydrogens is 783 g/mol. The maximum absolute atomic E-state index is 13.9. The average Bonchev–Trinajstić information content (AvgIpc) is 2.99. The quantitative estimate of drug-likeness (QED) is 0.0858. The summed E-state index contributed by atoms with van der Waals surface area (Å²) >= 11 is 6.17. The molecule has 0 aliphatic heterocycles. The number of para-hydroxylation sites is 2. The number of nitrogens with one attached hydrogen (secondary N) is 2. The number of hydrogen-bond donors (Lipinski definition) is 2. The smallest absolute Gasteiger partial charge is 0.744 e. The molecule has 2 N–H and O–H groups in total. The number of hydrogen-bond acceptors (Lipinski definition) is 17. The predicted molar refractivity (Wildman–Crippen MR) is 169 cm³/mol. The summed E-state index contributed by atoms with van der Waals surface area (Å²) in [7, 11) is -15.8. The maximum atomic E-state index is 13.9. The predicted octanol–water partition coefficient (Wildman–Crippen LogP) is -6.20. The molecule has 5 rings (SSSR count). The van der Waals surface area contributed by atoms with E-state index in [9.17, 15) is 43.7 Å². The molecule has 24 heteroatoms. The zero-order chi connectivity index (χ0) is 35.0. The van der Waals surface area contributed by atoms with E-state index < -0.39 is 79.0 Å². The number of nitrogens with zero attached hydrogens (tertiary/aromatic N) is 5. The van der Waals surface area contributed by atoms with Crippen LogP contribution in [0.5, 0.6) is 0 Å². The number of anilines is 5.